The van der Waals surface area contributed by atoms with Crippen LogP contribution in [0.3, 0.4) is 0 Å². The Bertz CT molecular complexity index is 379. The number of aromatic nitrogens is 1. The van der Waals surface area contributed by atoms with Gasteiger partial charge in [-0.1, -0.05) is 12.8 Å². The van der Waals surface area contributed by atoms with E-state index in [9.17, 15) is 4.79 Å². The Balaban J connectivity index is 2.09. The van der Waals surface area contributed by atoms with Gasteiger partial charge in [0.2, 0.25) is 0 Å². The molecule has 1 amide bonds. The smallest absolute Gasteiger partial charge is 0.252 e. The summed E-state index contributed by atoms with van der Waals surface area (Å²) in [4.78, 5) is 18.0. The summed E-state index contributed by atoms with van der Waals surface area (Å²) in [5.41, 5.74) is 0.607. The van der Waals surface area contributed by atoms with E-state index in [-0.39, 0.29) is 5.91 Å². The first-order chi connectivity index (χ1) is 9.09. The van der Waals surface area contributed by atoms with Gasteiger partial charge in [0, 0.05) is 12.7 Å². The van der Waals surface area contributed by atoms with Gasteiger partial charge < -0.3 is 10.2 Å². The van der Waals surface area contributed by atoms with Gasteiger partial charge in [-0.15, -0.1) is 0 Å². The van der Waals surface area contributed by atoms with Gasteiger partial charge in [0.05, 0.1) is 5.56 Å². The topological polar surface area (TPSA) is 45.2 Å². The molecular weight excluding hydrogens is 302 g/mol. The Morgan fingerprint density at radius 2 is 2.00 bits per heavy atom. The molecule has 0 aromatic carbocycles. The highest BCUT2D eigenvalue weighted by Crippen LogP contribution is 2.06. The number of halogens is 1. The number of pyridine rings is 1. The highest BCUT2D eigenvalue weighted by Gasteiger charge is 2.04. The molecule has 1 heterocycles. The third-order valence-electron chi connectivity index (χ3n) is 2.81. The molecule has 0 unspecified atom stereocenters. The van der Waals surface area contributed by atoms with Crippen molar-refractivity contribution in [2.24, 2.45) is 0 Å². The fourth-order valence-corrected chi connectivity index (χ4v) is 1.96. The Labute approximate surface area is 123 Å². The molecule has 0 bridgehead atoms. The average Bonchev–Trinajstić information content (AvgIpc) is 2.38. The fourth-order valence-electron chi connectivity index (χ4n) is 1.72. The monoisotopic (exact) mass is 324 g/mol. The van der Waals surface area contributed by atoms with Crippen molar-refractivity contribution >= 4 is 21.8 Å². The van der Waals surface area contributed by atoms with E-state index in [4.69, 9.17) is 0 Å². The summed E-state index contributed by atoms with van der Waals surface area (Å²) in [7, 11) is 4.18. The van der Waals surface area contributed by atoms with Crippen molar-refractivity contribution in [1.29, 1.82) is 0 Å². The normalized spacial score (nSPS) is 10.7. The van der Waals surface area contributed by atoms with E-state index in [2.05, 4.69) is 45.2 Å². The molecule has 0 radical (unpaired) electrons. The quantitative estimate of drug-likeness (QED) is 0.591. The Kier molecular flexibility index (Phi) is 7.67. The summed E-state index contributed by atoms with van der Waals surface area (Å²) < 4.78 is 0.741. The Morgan fingerprint density at radius 3 is 2.63 bits per heavy atom. The van der Waals surface area contributed by atoms with Crippen LogP contribution >= 0.6 is 15.9 Å². The van der Waals surface area contributed by atoms with Gasteiger partial charge in [-0.2, -0.15) is 0 Å². The molecule has 0 aliphatic rings. The molecule has 5 heteroatoms. The third-order valence-corrected chi connectivity index (χ3v) is 3.28. The van der Waals surface area contributed by atoms with Gasteiger partial charge >= 0.3 is 0 Å². The van der Waals surface area contributed by atoms with E-state index in [1.807, 2.05) is 0 Å². The number of rotatable bonds is 8. The number of carbonyl (C=O) groups excluding carboxylic acids is 1. The molecule has 0 spiro atoms. The van der Waals surface area contributed by atoms with E-state index in [1.54, 1.807) is 18.3 Å². The lowest BCUT2D eigenvalue weighted by Crippen LogP contribution is -2.24. The molecule has 0 aliphatic carbocycles. The number of nitrogens with one attached hydrogen (secondary N) is 1. The first-order valence-electron chi connectivity index (χ1n) is 6.64. The van der Waals surface area contributed by atoms with Crippen LogP contribution in [0, 0.1) is 0 Å². The standard InChI is InChI=1S/C14H22BrN3O/c1-18(2)10-6-4-3-5-9-16-14(19)12-7-8-13(15)17-11-12/h7-8,11H,3-6,9-10H2,1-2H3,(H,16,19)/i15-4. The predicted octanol–water partition coefficient (Wildman–Crippen LogP) is 2.70. The van der Waals surface area contributed by atoms with Crippen LogP contribution < -0.4 is 5.32 Å². The highest BCUT2D eigenvalue weighted by atomic mass is 75.9. The number of hydrogen-bond donors (Lipinski definition) is 1. The van der Waals surface area contributed by atoms with Gasteiger partial charge in [0.15, 0.2) is 0 Å². The summed E-state index contributed by atoms with van der Waals surface area (Å²) >= 11 is 3.25. The molecule has 0 fully saturated rings. The first kappa shape index (κ1) is 16.1. The molecule has 4 nitrogen and oxygen atoms in total. The van der Waals surface area contributed by atoms with Crippen molar-refractivity contribution in [3.05, 3.63) is 28.5 Å². The second-order valence-corrected chi connectivity index (χ2v) is 5.66. The van der Waals surface area contributed by atoms with Crippen molar-refractivity contribution in [3.8, 4) is 0 Å². The summed E-state index contributed by atoms with van der Waals surface area (Å²) in [6, 6.07) is 3.54. The van der Waals surface area contributed by atoms with Crippen LogP contribution in [0.1, 0.15) is 36.0 Å². The van der Waals surface area contributed by atoms with Crippen molar-refractivity contribution < 1.29 is 4.79 Å². The molecule has 1 aromatic heterocycles. The molecule has 1 rings (SSSR count). The summed E-state index contributed by atoms with van der Waals surface area (Å²) in [5, 5.41) is 2.91. The van der Waals surface area contributed by atoms with Crippen LogP contribution in [0.15, 0.2) is 22.9 Å². The van der Waals surface area contributed by atoms with Gasteiger partial charge in [-0.25, -0.2) is 4.98 Å². The summed E-state index contributed by atoms with van der Waals surface area (Å²) in [6.07, 6.45) is 6.21. The molecule has 106 valence electrons. The van der Waals surface area contributed by atoms with Crippen molar-refractivity contribution in [2.45, 2.75) is 25.7 Å². The SMILES string of the molecule is CN(C)CCCCCCNC(=O)c1ccc([76Br])nc1. The zero-order valence-electron chi connectivity index (χ0n) is 11.7. The maximum absolute atomic E-state index is 11.8. The van der Waals surface area contributed by atoms with Crippen LogP contribution in [-0.4, -0.2) is 43.0 Å². The molecule has 0 saturated heterocycles. The Morgan fingerprint density at radius 1 is 1.26 bits per heavy atom. The minimum atomic E-state index is -0.0479. The minimum absolute atomic E-state index is 0.0479. The van der Waals surface area contributed by atoms with E-state index in [0.717, 1.165) is 30.5 Å². The van der Waals surface area contributed by atoms with Crippen LogP contribution in [0.25, 0.3) is 0 Å². The molecule has 19 heavy (non-hydrogen) atoms. The lowest BCUT2D eigenvalue weighted by molar-refractivity contribution is 0.0952. The third kappa shape index (κ3) is 7.28. The maximum Gasteiger partial charge on any atom is 0.252 e. The van der Waals surface area contributed by atoms with Gasteiger partial charge in [0.25, 0.3) is 5.91 Å². The molecular formula is C14H22BrN3O. The summed E-state index contributed by atoms with van der Waals surface area (Å²) in [5.74, 6) is -0.0479. The zero-order valence-corrected chi connectivity index (χ0v) is 13.2. The fraction of sp³-hybridized carbons (Fsp3) is 0.571. The van der Waals surface area contributed by atoms with E-state index < -0.39 is 0 Å². The Hall–Kier alpha value is -0.940. The van der Waals surface area contributed by atoms with Crippen LogP contribution in [-0.2, 0) is 0 Å². The number of amides is 1. The van der Waals surface area contributed by atoms with Crippen LogP contribution in [0.5, 0.6) is 0 Å². The van der Waals surface area contributed by atoms with Gasteiger partial charge in [0.1, 0.15) is 4.60 Å². The van der Waals surface area contributed by atoms with Crippen molar-refractivity contribution in [3.63, 3.8) is 0 Å². The second-order valence-electron chi connectivity index (χ2n) is 4.84. The number of carbonyl (C=O) groups is 1. The lowest BCUT2D eigenvalue weighted by Gasteiger charge is -2.09. The van der Waals surface area contributed by atoms with E-state index in [1.165, 1.54) is 12.8 Å². The first-order valence-corrected chi connectivity index (χ1v) is 7.43. The molecule has 0 saturated carbocycles. The minimum Gasteiger partial charge on any atom is -0.352 e. The van der Waals surface area contributed by atoms with Crippen LogP contribution in [0.4, 0.5) is 0 Å². The highest BCUT2D eigenvalue weighted by molar-refractivity contribution is 9.10. The molecule has 0 aliphatic heterocycles. The lowest BCUT2D eigenvalue weighted by atomic mass is 10.2. The number of nitrogens with zero attached hydrogens (tertiary/aromatic N) is 2. The van der Waals surface area contributed by atoms with E-state index >= 15 is 0 Å². The largest absolute Gasteiger partial charge is 0.352 e. The maximum atomic E-state index is 11.8. The average molecular weight is 324 g/mol. The zero-order chi connectivity index (χ0) is 14.1. The number of hydrogen-bond acceptors (Lipinski definition) is 3. The molecule has 0 atom stereocenters. The van der Waals surface area contributed by atoms with Crippen molar-refractivity contribution in [2.75, 3.05) is 27.2 Å². The summed E-state index contributed by atoms with van der Waals surface area (Å²) in [6.45, 7) is 1.87. The van der Waals surface area contributed by atoms with Gasteiger partial charge in [-0.3, -0.25) is 4.79 Å². The predicted molar refractivity (Wildman–Crippen MR) is 81.3 cm³/mol. The molecule has 1 N–H and O–H groups in total. The van der Waals surface area contributed by atoms with E-state index in [0.29, 0.717) is 5.56 Å². The number of unbranched alkanes of at least 4 members (excludes halogenated alkanes) is 3. The van der Waals surface area contributed by atoms with Gasteiger partial charge in [-0.05, 0) is 61.5 Å². The van der Waals surface area contributed by atoms with Crippen LogP contribution in [0.2, 0.25) is 0 Å². The molecule has 1 aromatic rings. The van der Waals surface area contributed by atoms with Crippen molar-refractivity contribution in [1.82, 2.24) is 15.2 Å². The second kappa shape index (κ2) is 9.04.